The van der Waals surface area contributed by atoms with Crippen molar-refractivity contribution in [3.63, 3.8) is 0 Å². The number of hydrogen-bond acceptors (Lipinski definition) is 10. The minimum absolute atomic E-state index is 0.0377. The van der Waals surface area contributed by atoms with Crippen LogP contribution in [0.25, 0.3) is 0 Å². The Morgan fingerprint density at radius 2 is 1.54 bits per heavy atom. The lowest BCUT2D eigenvalue weighted by atomic mass is 9.77. The Balaban J connectivity index is 1.68. The zero-order chi connectivity index (χ0) is 24.3. The Morgan fingerprint density at radius 3 is 2.14 bits per heavy atom. The predicted octanol–water partition coefficient (Wildman–Crippen LogP) is 4.15. The molecule has 2 N–H and O–H groups in total. The van der Waals surface area contributed by atoms with Crippen molar-refractivity contribution in [1.29, 1.82) is 0 Å². The van der Waals surface area contributed by atoms with Gasteiger partial charge < -0.3 is 24.4 Å². The Labute approximate surface area is 203 Å². The number of esters is 1. The smallest absolute Gasteiger partial charge is 0.342 e. The van der Waals surface area contributed by atoms with Gasteiger partial charge in [-0.25, -0.2) is 14.2 Å². The lowest BCUT2D eigenvalue weighted by Gasteiger charge is -2.36. The van der Waals surface area contributed by atoms with E-state index in [0.29, 0.717) is 16.7 Å². The SMILES string of the molecule is COc1ccc2c(c1N(Cl)c1ncncn1)C(=O)OC21c2ccc(O)cc2Oc2cc(O)ccc21. The van der Waals surface area contributed by atoms with E-state index in [9.17, 15) is 15.0 Å². The quantitative estimate of drug-likeness (QED) is 0.319. The number of carbonyl (C=O) groups is 1. The zero-order valence-corrected chi connectivity index (χ0v) is 18.7. The fourth-order valence-electron chi connectivity index (χ4n) is 4.55. The number of rotatable bonds is 3. The van der Waals surface area contributed by atoms with Crippen LogP contribution in [0.2, 0.25) is 0 Å². The monoisotopic (exact) mass is 490 g/mol. The van der Waals surface area contributed by atoms with Gasteiger partial charge in [0.15, 0.2) is 5.60 Å². The normalized spacial score (nSPS) is 14.4. The van der Waals surface area contributed by atoms with Gasteiger partial charge in [0.05, 0.1) is 12.7 Å². The molecule has 174 valence electrons. The summed E-state index contributed by atoms with van der Waals surface area (Å²) >= 11 is 6.64. The molecule has 3 aromatic carbocycles. The average Bonchev–Trinajstić information content (AvgIpc) is 3.15. The van der Waals surface area contributed by atoms with Crippen LogP contribution in [0.3, 0.4) is 0 Å². The molecule has 6 rings (SSSR count). The number of phenols is 2. The summed E-state index contributed by atoms with van der Waals surface area (Å²) < 4.78 is 18.7. The number of fused-ring (bicyclic) bond motifs is 6. The minimum atomic E-state index is -1.45. The largest absolute Gasteiger partial charge is 0.508 e. The first-order valence-corrected chi connectivity index (χ1v) is 10.7. The van der Waals surface area contributed by atoms with Gasteiger partial charge in [0.25, 0.3) is 0 Å². The van der Waals surface area contributed by atoms with Crippen LogP contribution in [0.4, 0.5) is 11.6 Å². The Morgan fingerprint density at radius 1 is 0.943 bits per heavy atom. The number of ether oxygens (including phenoxy) is 3. The summed E-state index contributed by atoms with van der Waals surface area (Å²) in [5.41, 5.74) is 0.303. The second-order valence-corrected chi connectivity index (χ2v) is 8.13. The van der Waals surface area contributed by atoms with Crippen LogP contribution in [-0.4, -0.2) is 38.2 Å². The third-order valence-electron chi connectivity index (χ3n) is 5.95. The van der Waals surface area contributed by atoms with Crippen LogP contribution < -0.4 is 13.9 Å². The molecule has 0 atom stereocenters. The molecule has 1 spiro atoms. The fraction of sp³-hybridized carbons (Fsp3) is 0.0833. The minimum Gasteiger partial charge on any atom is -0.508 e. The van der Waals surface area contributed by atoms with Crippen molar-refractivity contribution in [3.05, 3.63) is 83.4 Å². The van der Waals surface area contributed by atoms with Crippen LogP contribution in [0.1, 0.15) is 27.0 Å². The number of anilines is 2. The second-order valence-electron chi connectivity index (χ2n) is 7.79. The first-order valence-electron chi connectivity index (χ1n) is 10.3. The number of hydrogen-bond donors (Lipinski definition) is 2. The molecule has 0 saturated carbocycles. The highest BCUT2D eigenvalue weighted by molar-refractivity contribution is 6.30. The molecular weight excluding hydrogens is 476 g/mol. The van der Waals surface area contributed by atoms with Gasteiger partial charge in [0.1, 0.15) is 47.1 Å². The van der Waals surface area contributed by atoms with Crippen LogP contribution >= 0.6 is 11.8 Å². The molecule has 0 radical (unpaired) electrons. The van der Waals surface area contributed by atoms with Crippen molar-refractivity contribution in [1.82, 2.24) is 15.0 Å². The molecule has 0 saturated heterocycles. The fourth-order valence-corrected chi connectivity index (χ4v) is 4.80. The van der Waals surface area contributed by atoms with Crippen molar-refractivity contribution >= 4 is 29.4 Å². The van der Waals surface area contributed by atoms with Crippen LogP contribution in [0.5, 0.6) is 28.7 Å². The molecule has 0 unspecified atom stereocenters. The van der Waals surface area contributed by atoms with E-state index < -0.39 is 11.6 Å². The van der Waals surface area contributed by atoms with Gasteiger partial charge in [0.2, 0.25) is 5.95 Å². The maximum Gasteiger partial charge on any atom is 0.342 e. The molecule has 10 nitrogen and oxygen atoms in total. The molecule has 2 aliphatic rings. The number of benzene rings is 3. The summed E-state index contributed by atoms with van der Waals surface area (Å²) in [5, 5.41) is 20.2. The Kier molecular flexibility index (Phi) is 4.48. The van der Waals surface area contributed by atoms with E-state index in [1.54, 1.807) is 24.3 Å². The van der Waals surface area contributed by atoms with Crippen LogP contribution in [-0.2, 0) is 10.3 Å². The van der Waals surface area contributed by atoms with Crippen molar-refractivity contribution in [2.45, 2.75) is 5.60 Å². The highest BCUT2D eigenvalue weighted by Gasteiger charge is 2.55. The van der Waals surface area contributed by atoms with E-state index in [4.69, 9.17) is 26.0 Å². The standard InChI is InChI=1S/C24H15ClN4O6/c1-33-17-7-6-16-20(21(17)29(25)23-27-10-26-11-28-23)22(32)35-24(16)14-4-2-12(30)8-18(14)34-19-9-13(31)3-5-15(19)24/h2-11,30-31H,1H3. The molecule has 11 heteroatoms. The number of carbonyl (C=O) groups excluding carboxylic acids is 1. The first kappa shape index (κ1) is 21.0. The first-order chi connectivity index (χ1) is 16.9. The summed E-state index contributed by atoms with van der Waals surface area (Å²) in [6.07, 6.45) is 2.55. The van der Waals surface area contributed by atoms with E-state index in [1.807, 2.05) is 0 Å². The summed E-state index contributed by atoms with van der Waals surface area (Å²) in [4.78, 5) is 25.5. The summed E-state index contributed by atoms with van der Waals surface area (Å²) in [6, 6.07) is 12.4. The second kappa shape index (κ2) is 7.47. The number of methoxy groups -OCH3 is 1. The molecule has 4 aromatic rings. The van der Waals surface area contributed by atoms with E-state index in [2.05, 4.69) is 15.0 Å². The topological polar surface area (TPSA) is 127 Å². The summed E-state index contributed by atoms with van der Waals surface area (Å²) in [7, 11) is 1.45. The van der Waals surface area contributed by atoms with Gasteiger partial charge in [-0.05, 0) is 36.4 Å². The van der Waals surface area contributed by atoms with Gasteiger partial charge in [-0.15, -0.1) is 0 Å². The van der Waals surface area contributed by atoms with E-state index in [-0.39, 0.29) is 45.9 Å². The van der Waals surface area contributed by atoms with Gasteiger partial charge in [0, 0.05) is 40.6 Å². The van der Waals surface area contributed by atoms with Crippen molar-refractivity contribution < 1.29 is 29.2 Å². The number of phenolic OH excluding ortho intramolecular Hbond substituents is 2. The third kappa shape index (κ3) is 2.90. The molecule has 0 bridgehead atoms. The van der Waals surface area contributed by atoms with E-state index >= 15 is 0 Å². The molecule has 1 aromatic heterocycles. The molecule has 0 amide bonds. The third-order valence-corrected chi connectivity index (χ3v) is 6.27. The number of aromatic nitrogens is 3. The number of aromatic hydroxyl groups is 2. The van der Waals surface area contributed by atoms with Crippen LogP contribution in [0.15, 0.2) is 61.2 Å². The molecule has 0 fully saturated rings. The highest BCUT2D eigenvalue weighted by Crippen LogP contribution is 2.59. The Hall–Kier alpha value is -4.57. The van der Waals surface area contributed by atoms with Crippen molar-refractivity contribution in [3.8, 4) is 28.7 Å². The van der Waals surface area contributed by atoms with E-state index in [0.717, 1.165) is 4.42 Å². The lowest BCUT2D eigenvalue weighted by Crippen LogP contribution is -2.32. The van der Waals surface area contributed by atoms with Gasteiger partial charge in [-0.2, -0.15) is 9.97 Å². The van der Waals surface area contributed by atoms with Crippen LogP contribution in [0, 0.1) is 0 Å². The molecular formula is C24H15ClN4O6. The van der Waals surface area contributed by atoms with Gasteiger partial charge >= 0.3 is 5.97 Å². The molecule has 2 aliphatic heterocycles. The predicted molar refractivity (Wildman–Crippen MR) is 122 cm³/mol. The highest BCUT2D eigenvalue weighted by atomic mass is 35.5. The lowest BCUT2D eigenvalue weighted by molar-refractivity contribution is 0.0224. The molecule has 35 heavy (non-hydrogen) atoms. The van der Waals surface area contributed by atoms with Gasteiger partial charge in [-0.1, -0.05) is 0 Å². The molecule has 3 heterocycles. The number of halogens is 1. The van der Waals surface area contributed by atoms with Gasteiger partial charge in [-0.3, -0.25) is 0 Å². The molecule has 0 aliphatic carbocycles. The number of nitrogens with zero attached hydrogens (tertiary/aromatic N) is 4. The zero-order valence-electron chi connectivity index (χ0n) is 18.0. The maximum absolute atomic E-state index is 13.6. The maximum atomic E-state index is 13.6. The van der Waals surface area contributed by atoms with E-state index in [1.165, 1.54) is 44.0 Å². The van der Waals surface area contributed by atoms with Crippen molar-refractivity contribution in [2.75, 3.05) is 11.5 Å². The summed E-state index contributed by atoms with van der Waals surface area (Å²) in [5.74, 6) is 0.145. The Bertz CT molecular complexity index is 1460. The van der Waals surface area contributed by atoms with Crippen molar-refractivity contribution in [2.24, 2.45) is 0 Å². The average molecular weight is 491 g/mol. The summed E-state index contributed by atoms with van der Waals surface area (Å²) in [6.45, 7) is 0.